The van der Waals surface area contributed by atoms with Gasteiger partial charge in [-0.25, -0.2) is 15.0 Å². The Morgan fingerprint density at radius 1 is 0.357 bits per heavy atom. The minimum atomic E-state index is 0.564. The van der Waals surface area contributed by atoms with E-state index >= 15 is 0 Å². The first-order chi connectivity index (χ1) is 27.7. The lowest BCUT2D eigenvalue weighted by Gasteiger charge is -2.09. The van der Waals surface area contributed by atoms with Gasteiger partial charge in [0.15, 0.2) is 17.5 Å². The standard InChI is InChI=1S/C51H31N3OS/c1-4-13-32(14-5-1)33-23-25-36(26-24-33)50-52-49(35-17-8-3-9-18-35)53-51(54-50)43-21-12-20-41-40-28-27-37(31-44(40)55-47(41)43)39-30-29-38(34-15-6-2-7-16-34)46-42-19-10-11-22-45(42)56-48(39)46/h1-31H. The number of hydrogen-bond donors (Lipinski definition) is 0. The minimum Gasteiger partial charge on any atom is -0.455 e. The van der Waals surface area contributed by atoms with E-state index in [0.717, 1.165) is 55.3 Å². The van der Waals surface area contributed by atoms with Crippen LogP contribution in [0.2, 0.25) is 0 Å². The number of para-hydroxylation sites is 1. The van der Waals surface area contributed by atoms with E-state index in [4.69, 9.17) is 19.4 Å². The van der Waals surface area contributed by atoms with Gasteiger partial charge in [-0.15, -0.1) is 11.3 Å². The quantitative estimate of drug-likeness (QED) is 0.171. The first-order valence-corrected chi connectivity index (χ1v) is 19.5. The normalized spacial score (nSPS) is 11.6. The van der Waals surface area contributed by atoms with E-state index in [1.807, 2.05) is 53.8 Å². The summed E-state index contributed by atoms with van der Waals surface area (Å²) in [4.78, 5) is 15.1. The molecule has 0 spiro atoms. The van der Waals surface area contributed by atoms with Crippen LogP contribution in [-0.2, 0) is 0 Å². The highest BCUT2D eigenvalue weighted by atomic mass is 32.1. The molecule has 0 bridgehead atoms. The summed E-state index contributed by atoms with van der Waals surface area (Å²) in [6.07, 6.45) is 0. The summed E-state index contributed by atoms with van der Waals surface area (Å²) < 4.78 is 9.37. The number of furan rings is 1. The van der Waals surface area contributed by atoms with Gasteiger partial charge >= 0.3 is 0 Å². The Hall–Kier alpha value is -7.21. The van der Waals surface area contributed by atoms with Crippen LogP contribution in [-0.4, -0.2) is 15.0 Å². The lowest BCUT2D eigenvalue weighted by Crippen LogP contribution is -2.00. The maximum absolute atomic E-state index is 6.82. The molecule has 3 aromatic heterocycles. The first kappa shape index (κ1) is 32.2. The minimum absolute atomic E-state index is 0.564. The van der Waals surface area contributed by atoms with E-state index in [-0.39, 0.29) is 0 Å². The molecular weight excluding hydrogens is 703 g/mol. The molecule has 0 N–H and O–H groups in total. The van der Waals surface area contributed by atoms with Gasteiger partial charge < -0.3 is 4.42 Å². The molecule has 0 amide bonds. The highest BCUT2D eigenvalue weighted by Crippen LogP contribution is 2.46. The van der Waals surface area contributed by atoms with Crippen LogP contribution in [0.1, 0.15) is 0 Å². The van der Waals surface area contributed by atoms with Crippen molar-refractivity contribution in [2.45, 2.75) is 0 Å². The molecule has 0 fully saturated rings. The summed E-state index contributed by atoms with van der Waals surface area (Å²) in [6, 6.07) is 65.6. The zero-order valence-corrected chi connectivity index (χ0v) is 30.9. The fourth-order valence-electron chi connectivity index (χ4n) is 7.84. The molecule has 4 nitrogen and oxygen atoms in total. The summed E-state index contributed by atoms with van der Waals surface area (Å²) in [5.74, 6) is 1.78. The van der Waals surface area contributed by atoms with Crippen LogP contribution >= 0.6 is 11.3 Å². The van der Waals surface area contributed by atoms with Gasteiger partial charge in [0.1, 0.15) is 11.2 Å². The molecular formula is C51H31N3OS. The number of rotatable bonds is 6. The zero-order valence-electron chi connectivity index (χ0n) is 30.1. The number of hydrogen-bond acceptors (Lipinski definition) is 5. The molecule has 5 heteroatoms. The second kappa shape index (κ2) is 13.3. The molecule has 0 unspecified atom stereocenters. The molecule has 262 valence electrons. The van der Waals surface area contributed by atoms with Crippen molar-refractivity contribution in [1.29, 1.82) is 0 Å². The van der Waals surface area contributed by atoms with Crippen molar-refractivity contribution < 1.29 is 4.42 Å². The van der Waals surface area contributed by atoms with Crippen LogP contribution < -0.4 is 0 Å². The molecule has 8 aromatic carbocycles. The van der Waals surface area contributed by atoms with Gasteiger partial charge in [0.25, 0.3) is 0 Å². The van der Waals surface area contributed by atoms with Crippen LogP contribution in [0, 0.1) is 0 Å². The van der Waals surface area contributed by atoms with Gasteiger partial charge in [-0.3, -0.25) is 0 Å². The average molecular weight is 734 g/mol. The Labute approximate surface area is 327 Å². The number of thiophene rings is 1. The first-order valence-electron chi connectivity index (χ1n) is 18.7. The van der Waals surface area contributed by atoms with Gasteiger partial charge in [0, 0.05) is 42.1 Å². The summed E-state index contributed by atoms with van der Waals surface area (Å²) >= 11 is 1.85. The van der Waals surface area contributed by atoms with Crippen LogP contribution in [0.15, 0.2) is 192 Å². The predicted octanol–water partition coefficient (Wildman–Crippen LogP) is 14.1. The van der Waals surface area contributed by atoms with E-state index in [0.29, 0.717) is 17.5 Å². The lowest BCUT2D eigenvalue weighted by atomic mass is 9.94. The number of aromatic nitrogens is 3. The maximum atomic E-state index is 6.82. The summed E-state index contributed by atoms with van der Waals surface area (Å²) in [7, 11) is 0. The zero-order chi connectivity index (χ0) is 37.0. The van der Waals surface area contributed by atoms with Gasteiger partial charge in [-0.05, 0) is 57.6 Å². The largest absolute Gasteiger partial charge is 0.455 e. The molecule has 0 aliphatic heterocycles. The molecule has 0 aliphatic rings. The fraction of sp³-hybridized carbons (Fsp3) is 0. The predicted molar refractivity (Wildman–Crippen MR) is 233 cm³/mol. The van der Waals surface area contributed by atoms with Crippen LogP contribution in [0.5, 0.6) is 0 Å². The fourth-order valence-corrected chi connectivity index (χ4v) is 9.10. The van der Waals surface area contributed by atoms with Crippen LogP contribution in [0.25, 0.3) is 110 Å². The van der Waals surface area contributed by atoms with E-state index in [1.54, 1.807) is 0 Å². The molecule has 56 heavy (non-hydrogen) atoms. The molecule has 0 aliphatic carbocycles. The van der Waals surface area contributed by atoms with Crippen molar-refractivity contribution in [1.82, 2.24) is 15.0 Å². The lowest BCUT2D eigenvalue weighted by molar-refractivity contribution is 0.669. The van der Waals surface area contributed by atoms with Crippen molar-refractivity contribution >= 4 is 53.4 Å². The molecule has 0 saturated heterocycles. The van der Waals surface area contributed by atoms with E-state index in [1.165, 1.54) is 36.9 Å². The van der Waals surface area contributed by atoms with Gasteiger partial charge in [0.2, 0.25) is 0 Å². The third-order valence-corrected chi connectivity index (χ3v) is 11.8. The number of benzene rings is 8. The second-order valence-electron chi connectivity index (χ2n) is 13.9. The molecule has 11 aromatic rings. The Kier molecular flexibility index (Phi) is 7.64. The third-order valence-electron chi connectivity index (χ3n) is 10.6. The van der Waals surface area contributed by atoms with Gasteiger partial charge in [-0.1, -0.05) is 164 Å². The van der Waals surface area contributed by atoms with Crippen LogP contribution in [0.4, 0.5) is 0 Å². The summed E-state index contributed by atoms with van der Waals surface area (Å²) in [5.41, 5.74) is 11.3. The SMILES string of the molecule is c1ccc(-c2ccc(-c3nc(-c4ccccc4)nc(-c4cccc5c4oc4cc(-c6ccc(-c7ccccc7)c7c6sc6ccccc67)ccc45)n3)cc2)cc1. The van der Waals surface area contributed by atoms with E-state index in [9.17, 15) is 0 Å². The molecule has 11 rings (SSSR count). The van der Waals surface area contributed by atoms with Crippen molar-refractivity contribution in [3.63, 3.8) is 0 Å². The topological polar surface area (TPSA) is 51.8 Å². The van der Waals surface area contributed by atoms with Crippen molar-refractivity contribution in [3.8, 4) is 67.5 Å². The summed E-state index contributed by atoms with van der Waals surface area (Å²) in [5, 5.41) is 4.64. The smallest absolute Gasteiger partial charge is 0.167 e. The molecule has 0 saturated carbocycles. The Morgan fingerprint density at radius 2 is 0.911 bits per heavy atom. The maximum Gasteiger partial charge on any atom is 0.167 e. The average Bonchev–Trinajstić information content (AvgIpc) is 3.86. The van der Waals surface area contributed by atoms with Crippen LogP contribution in [0.3, 0.4) is 0 Å². The highest BCUT2D eigenvalue weighted by molar-refractivity contribution is 7.26. The van der Waals surface area contributed by atoms with Gasteiger partial charge in [-0.2, -0.15) is 0 Å². The Bertz CT molecular complexity index is 3230. The highest BCUT2D eigenvalue weighted by Gasteiger charge is 2.20. The van der Waals surface area contributed by atoms with E-state index in [2.05, 4.69) is 146 Å². The van der Waals surface area contributed by atoms with E-state index < -0.39 is 0 Å². The van der Waals surface area contributed by atoms with Crippen molar-refractivity contribution in [3.05, 3.63) is 188 Å². The monoisotopic (exact) mass is 733 g/mol. The molecule has 0 atom stereocenters. The van der Waals surface area contributed by atoms with Crippen molar-refractivity contribution in [2.75, 3.05) is 0 Å². The molecule has 0 radical (unpaired) electrons. The number of nitrogens with zero attached hydrogens (tertiary/aromatic N) is 3. The van der Waals surface area contributed by atoms with Gasteiger partial charge in [0.05, 0.1) is 5.56 Å². The second-order valence-corrected chi connectivity index (χ2v) is 15.0. The Balaban J connectivity index is 1.05. The third kappa shape index (κ3) is 5.48. The number of fused-ring (bicyclic) bond motifs is 6. The van der Waals surface area contributed by atoms with Crippen molar-refractivity contribution in [2.24, 2.45) is 0 Å². The summed E-state index contributed by atoms with van der Waals surface area (Å²) in [6.45, 7) is 0. The Morgan fingerprint density at radius 3 is 1.66 bits per heavy atom. The molecule has 3 heterocycles.